The van der Waals surface area contributed by atoms with Crippen molar-refractivity contribution in [2.75, 3.05) is 18.5 Å². The van der Waals surface area contributed by atoms with Crippen LogP contribution in [0.15, 0.2) is 42.0 Å². The lowest BCUT2D eigenvalue weighted by Crippen LogP contribution is -2.13. The quantitative estimate of drug-likeness (QED) is 0.395. The lowest BCUT2D eigenvalue weighted by atomic mass is 10.1. The SMILES string of the molecule is C#CCOc1ccc(/C=C(\C#N)C(=O)Nc2ccc(Cl)c(Cl)c2)cc1OCC. The fourth-order valence-electron chi connectivity index (χ4n) is 2.21. The molecule has 142 valence electrons. The highest BCUT2D eigenvalue weighted by atomic mass is 35.5. The molecule has 0 heterocycles. The number of hydrogen-bond donors (Lipinski definition) is 1. The van der Waals surface area contributed by atoms with E-state index in [1.165, 1.54) is 12.1 Å². The molecule has 0 unspecified atom stereocenters. The van der Waals surface area contributed by atoms with E-state index in [0.29, 0.717) is 39.4 Å². The summed E-state index contributed by atoms with van der Waals surface area (Å²) in [5.74, 6) is 2.75. The second-order valence-electron chi connectivity index (χ2n) is 5.38. The van der Waals surface area contributed by atoms with Gasteiger partial charge in [-0.05, 0) is 48.9 Å². The number of rotatable bonds is 7. The maximum atomic E-state index is 12.4. The average Bonchev–Trinajstić information content (AvgIpc) is 2.68. The molecule has 2 aromatic rings. The van der Waals surface area contributed by atoms with Gasteiger partial charge in [-0.15, -0.1) is 6.42 Å². The predicted molar refractivity (Wildman–Crippen MR) is 111 cm³/mol. The molecule has 0 aliphatic carbocycles. The van der Waals surface area contributed by atoms with Crippen LogP contribution in [-0.4, -0.2) is 19.1 Å². The van der Waals surface area contributed by atoms with Crippen LogP contribution in [0.3, 0.4) is 0 Å². The molecule has 0 saturated carbocycles. The minimum Gasteiger partial charge on any atom is -0.490 e. The Bertz CT molecular complexity index is 988. The van der Waals surface area contributed by atoms with Gasteiger partial charge >= 0.3 is 0 Å². The van der Waals surface area contributed by atoms with Crippen molar-refractivity contribution >= 4 is 40.9 Å². The van der Waals surface area contributed by atoms with Crippen LogP contribution in [0.1, 0.15) is 12.5 Å². The number of anilines is 1. The van der Waals surface area contributed by atoms with E-state index in [2.05, 4.69) is 11.2 Å². The van der Waals surface area contributed by atoms with Crippen molar-refractivity contribution in [3.8, 4) is 29.9 Å². The fraction of sp³-hybridized carbons (Fsp3) is 0.143. The molecule has 2 aromatic carbocycles. The molecular formula is C21H16Cl2N2O3. The highest BCUT2D eigenvalue weighted by Gasteiger charge is 2.12. The predicted octanol–water partition coefficient (Wildman–Crippen LogP) is 4.95. The molecule has 28 heavy (non-hydrogen) atoms. The summed E-state index contributed by atoms with van der Waals surface area (Å²) in [6, 6.07) is 11.6. The monoisotopic (exact) mass is 414 g/mol. The zero-order valence-electron chi connectivity index (χ0n) is 15.0. The molecule has 0 aliphatic heterocycles. The molecule has 7 heteroatoms. The van der Waals surface area contributed by atoms with Crippen molar-refractivity contribution in [1.29, 1.82) is 5.26 Å². The van der Waals surface area contributed by atoms with Gasteiger partial charge < -0.3 is 14.8 Å². The second kappa shape index (κ2) is 10.3. The number of halogens is 2. The molecule has 1 amide bonds. The average molecular weight is 415 g/mol. The second-order valence-corrected chi connectivity index (χ2v) is 6.20. The summed E-state index contributed by atoms with van der Waals surface area (Å²) in [5.41, 5.74) is 0.928. The van der Waals surface area contributed by atoms with Crippen molar-refractivity contribution in [3.05, 3.63) is 57.6 Å². The Morgan fingerprint density at radius 2 is 1.96 bits per heavy atom. The minimum atomic E-state index is -0.577. The molecule has 0 fully saturated rings. The van der Waals surface area contributed by atoms with E-state index in [1.807, 2.05) is 13.0 Å². The molecule has 0 aromatic heterocycles. The highest BCUT2D eigenvalue weighted by Crippen LogP contribution is 2.30. The summed E-state index contributed by atoms with van der Waals surface area (Å²) in [5, 5.41) is 12.6. The van der Waals surface area contributed by atoms with E-state index < -0.39 is 5.91 Å². The summed E-state index contributed by atoms with van der Waals surface area (Å²) in [6.07, 6.45) is 6.65. The summed E-state index contributed by atoms with van der Waals surface area (Å²) in [6.45, 7) is 2.35. The van der Waals surface area contributed by atoms with Crippen LogP contribution in [0.4, 0.5) is 5.69 Å². The number of carbonyl (C=O) groups excluding carboxylic acids is 1. The first-order chi connectivity index (χ1) is 13.5. The first-order valence-corrected chi connectivity index (χ1v) is 8.95. The van der Waals surface area contributed by atoms with Gasteiger partial charge in [-0.1, -0.05) is 35.2 Å². The number of ether oxygens (including phenoxy) is 2. The number of terminal acetylenes is 1. The summed E-state index contributed by atoms with van der Waals surface area (Å²) < 4.78 is 11.0. The van der Waals surface area contributed by atoms with E-state index >= 15 is 0 Å². The van der Waals surface area contributed by atoms with Crippen LogP contribution >= 0.6 is 23.2 Å². The van der Waals surface area contributed by atoms with Crippen LogP contribution in [0, 0.1) is 23.7 Å². The summed E-state index contributed by atoms with van der Waals surface area (Å²) >= 11 is 11.8. The zero-order chi connectivity index (χ0) is 20.5. The van der Waals surface area contributed by atoms with Gasteiger partial charge in [0.1, 0.15) is 18.2 Å². The normalized spacial score (nSPS) is 10.5. The largest absolute Gasteiger partial charge is 0.490 e. The molecule has 0 bridgehead atoms. The number of benzene rings is 2. The third-order valence-corrected chi connectivity index (χ3v) is 4.17. The first-order valence-electron chi connectivity index (χ1n) is 8.19. The third-order valence-electron chi connectivity index (χ3n) is 3.43. The van der Waals surface area contributed by atoms with E-state index in [9.17, 15) is 10.1 Å². The molecule has 0 radical (unpaired) electrons. The van der Waals surface area contributed by atoms with E-state index in [-0.39, 0.29) is 12.2 Å². The summed E-state index contributed by atoms with van der Waals surface area (Å²) in [4.78, 5) is 12.4. The Kier molecular flexibility index (Phi) is 7.77. The molecule has 1 N–H and O–H groups in total. The van der Waals surface area contributed by atoms with Gasteiger partial charge in [-0.3, -0.25) is 4.79 Å². The Morgan fingerprint density at radius 1 is 1.18 bits per heavy atom. The number of carbonyl (C=O) groups is 1. The highest BCUT2D eigenvalue weighted by molar-refractivity contribution is 6.42. The minimum absolute atomic E-state index is 0.0918. The van der Waals surface area contributed by atoms with Gasteiger partial charge in [0.25, 0.3) is 5.91 Å². The number of nitriles is 1. The molecule has 0 atom stereocenters. The fourth-order valence-corrected chi connectivity index (χ4v) is 2.51. The maximum Gasteiger partial charge on any atom is 0.266 e. The topological polar surface area (TPSA) is 71.3 Å². The molecule has 2 rings (SSSR count). The van der Waals surface area contributed by atoms with Gasteiger partial charge in [0.15, 0.2) is 11.5 Å². The van der Waals surface area contributed by atoms with Crippen molar-refractivity contribution in [2.24, 2.45) is 0 Å². The molecule has 0 spiro atoms. The van der Waals surface area contributed by atoms with E-state index in [0.717, 1.165) is 0 Å². The Balaban J connectivity index is 2.26. The molecule has 0 aliphatic rings. The summed E-state index contributed by atoms with van der Waals surface area (Å²) in [7, 11) is 0. The van der Waals surface area contributed by atoms with Crippen molar-refractivity contribution in [3.63, 3.8) is 0 Å². The first kappa shape index (κ1) is 21.2. The van der Waals surface area contributed by atoms with Crippen molar-refractivity contribution in [1.82, 2.24) is 0 Å². The van der Waals surface area contributed by atoms with Crippen LogP contribution in [0.25, 0.3) is 6.08 Å². The number of nitrogens with one attached hydrogen (secondary N) is 1. The molecule has 5 nitrogen and oxygen atoms in total. The lowest BCUT2D eigenvalue weighted by Gasteiger charge is -2.11. The van der Waals surface area contributed by atoms with Crippen molar-refractivity contribution < 1.29 is 14.3 Å². The Hall–Kier alpha value is -3.12. The zero-order valence-corrected chi connectivity index (χ0v) is 16.5. The molecular weight excluding hydrogens is 399 g/mol. The number of hydrogen-bond acceptors (Lipinski definition) is 4. The van der Waals surface area contributed by atoms with E-state index in [1.54, 1.807) is 30.3 Å². The van der Waals surface area contributed by atoms with Gasteiger partial charge in [0.2, 0.25) is 0 Å². The lowest BCUT2D eigenvalue weighted by molar-refractivity contribution is -0.112. The Morgan fingerprint density at radius 3 is 2.61 bits per heavy atom. The standard InChI is InChI=1S/C21H16Cl2N2O3/c1-3-9-28-19-8-5-14(11-20(19)27-4-2)10-15(13-24)21(26)25-16-6-7-17(22)18(23)12-16/h1,5-8,10-12H,4,9H2,2H3,(H,25,26)/b15-10+. The van der Waals surface area contributed by atoms with Crippen LogP contribution in [-0.2, 0) is 4.79 Å². The van der Waals surface area contributed by atoms with Crippen LogP contribution in [0.2, 0.25) is 10.0 Å². The maximum absolute atomic E-state index is 12.4. The van der Waals surface area contributed by atoms with Gasteiger partial charge in [0.05, 0.1) is 16.7 Å². The van der Waals surface area contributed by atoms with Gasteiger partial charge in [-0.25, -0.2) is 0 Å². The smallest absolute Gasteiger partial charge is 0.266 e. The third kappa shape index (κ3) is 5.69. The Labute approximate surface area is 173 Å². The van der Waals surface area contributed by atoms with Gasteiger partial charge in [0, 0.05) is 5.69 Å². The van der Waals surface area contributed by atoms with Gasteiger partial charge in [-0.2, -0.15) is 5.26 Å². The number of amides is 1. The van der Waals surface area contributed by atoms with Crippen molar-refractivity contribution in [2.45, 2.75) is 6.92 Å². The van der Waals surface area contributed by atoms with Crippen LogP contribution in [0.5, 0.6) is 11.5 Å². The van der Waals surface area contributed by atoms with Crippen LogP contribution < -0.4 is 14.8 Å². The van der Waals surface area contributed by atoms with E-state index in [4.69, 9.17) is 39.1 Å². The number of nitrogens with zero attached hydrogens (tertiary/aromatic N) is 1. The molecule has 0 saturated heterocycles.